The predicted molar refractivity (Wildman–Crippen MR) is 81.5 cm³/mol. The first-order chi connectivity index (χ1) is 9.53. The number of hydrogen-bond donors (Lipinski definition) is 1. The van der Waals surface area contributed by atoms with E-state index in [1.54, 1.807) is 6.07 Å². The number of rotatable bonds is 5. The molecule has 6 heteroatoms. The second-order valence-corrected chi connectivity index (χ2v) is 6.77. The molecule has 20 heavy (non-hydrogen) atoms. The molecule has 0 atom stereocenters. The molecule has 0 bridgehead atoms. The molecule has 0 unspecified atom stereocenters. The molecule has 0 saturated heterocycles. The molecule has 1 saturated carbocycles. The van der Waals surface area contributed by atoms with Gasteiger partial charge in [-0.1, -0.05) is 6.92 Å². The standard InChI is InChI=1S/C14H17N3O2S/c1-3-14(4-5-14)8-15-10-6-11-13(20-9(2)16-11)7-12(10)17(18)19/h6-7,15H,3-5,8H2,1-2H3. The summed E-state index contributed by atoms with van der Waals surface area (Å²) in [6, 6.07) is 3.44. The van der Waals surface area contributed by atoms with E-state index in [4.69, 9.17) is 0 Å². The number of nitrogens with zero attached hydrogens (tertiary/aromatic N) is 2. The second kappa shape index (κ2) is 4.70. The van der Waals surface area contributed by atoms with Crippen LogP contribution in [0.3, 0.4) is 0 Å². The van der Waals surface area contributed by atoms with Crippen molar-refractivity contribution >= 4 is 32.9 Å². The van der Waals surface area contributed by atoms with Crippen molar-refractivity contribution in [3.05, 3.63) is 27.3 Å². The van der Waals surface area contributed by atoms with E-state index in [-0.39, 0.29) is 10.6 Å². The summed E-state index contributed by atoms with van der Waals surface area (Å²) in [7, 11) is 0. The Balaban J connectivity index is 1.94. The smallest absolute Gasteiger partial charge is 0.293 e. The number of nitrogens with one attached hydrogen (secondary N) is 1. The van der Waals surface area contributed by atoms with E-state index in [2.05, 4.69) is 17.2 Å². The van der Waals surface area contributed by atoms with E-state index in [9.17, 15) is 10.1 Å². The lowest BCUT2D eigenvalue weighted by atomic mass is 10.0. The van der Waals surface area contributed by atoms with Crippen molar-refractivity contribution in [2.45, 2.75) is 33.1 Å². The number of aryl methyl sites for hydroxylation is 1. The number of fused-ring (bicyclic) bond motifs is 1. The van der Waals surface area contributed by atoms with Crippen LogP contribution in [0.5, 0.6) is 0 Å². The van der Waals surface area contributed by atoms with Crippen molar-refractivity contribution in [2.75, 3.05) is 11.9 Å². The van der Waals surface area contributed by atoms with Crippen LogP contribution < -0.4 is 5.32 Å². The highest BCUT2D eigenvalue weighted by Gasteiger charge is 2.40. The van der Waals surface area contributed by atoms with Crippen LogP contribution in [0.4, 0.5) is 11.4 Å². The maximum absolute atomic E-state index is 11.2. The van der Waals surface area contributed by atoms with E-state index in [1.807, 2.05) is 13.0 Å². The summed E-state index contributed by atoms with van der Waals surface area (Å²) in [5.74, 6) is 0. The van der Waals surface area contributed by atoms with E-state index in [0.717, 1.165) is 28.2 Å². The third kappa shape index (κ3) is 2.35. The Morgan fingerprint density at radius 1 is 1.50 bits per heavy atom. The molecule has 5 nitrogen and oxygen atoms in total. The second-order valence-electron chi connectivity index (χ2n) is 5.53. The van der Waals surface area contributed by atoms with Crippen LogP contribution in [0.2, 0.25) is 0 Å². The van der Waals surface area contributed by atoms with E-state index >= 15 is 0 Å². The van der Waals surface area contributed by atoms with Crippen molar-refractivity contribution in [1.82, 2.24) is 4.98 Å². The monoisotopic (exact) mass is 291 g/mol. The van der Waals surface area contributed by atoms with Gasteiger partial charge in [0, 0.05) is 12.6 Å². The fourth-order valence-corrected chi connectivity index (χ4v) is 3.33. The van der Waals surface area contributed by atoms with Gasteiger partial charge in [-0.3, -0.25) is 10.1 Å². The molecular formula is C14H17N3O2S. The lowest BCUT2D eigenvalue weighted by molar-refractivity contribution is -0.383. The minimum atomic E-state index is -0.317. The zero-order valence-electron chi connectivity index (χ0n) is 11.6. The largest absolute Gasteiger partial charge is 0.379 e. The fraction of sp³-hybridized carbons (Fsp3) is 0.500. The van der Waals surface area contributed by atoms with Crippen molar-refractivity contribution in [3.8, 4) is 0 Å². The average Bonchev–Trinajstić information content (AvgIpc) is 3.10. The van der Waals surface area contributed by atoms with Crippen LogP contribution in [-0.2, 0) is 0 Å². The molecule has 0 aliphatic heterocycles. The highest BCUT2D eigenvalue weighted by atomic mass is 32.1. The van der Waals surface area contributed by atoms with Gasteiger partial charge in [0.2, 0.25) is 0 Å². The molecule has 2 aromatic rings. The van der Waals surface area contributed by atoms with Gasteiger partial charge in [0.25, 0.3) is 5.69 Å². The van der Waals surface area contributed by atoms with E-state index in [1.165, 1.54) is 24.2 Å². The molecule has 1 heterocycles. The molecule has 1 aliphatic rings. The topological polar surface area (TPSA) is 68.1 Å². The van der Waals surface area contributed by atoms with Gasteiger partial charge in [-0.2, -0.15) is 0 Å². The number of benzene rings is 1. The summed E-state index contributed by atoms with van der Waals surface area (Å²) < 4.78 is 0.872. The van der Waals surface area contributed by atoms with Crippen LogP contribution in [0.25, 0.3) is 10.2 Å². The molecule has 106 valence electrons. The van der Waals surface area contributed by atoms with Gasteiger partial charge in [0.15, 0.2) is 0 Å². The normalized spacial score (nSPS) is 16.3. The Bertz CT molecular complexity index is 676. The van der Waals surface area contributed by atoms with E-state index < -0.39 is 0 Å². The zero-order valence-corrected chi connectivity index (χ0v) is 12.4. The number of nitro groups is 1. The molecule has 0 amide bonds. The number of hydrogen-bond acceptors (Lipinski definition) is 5. The Kier molecular flexibility index (Phi) is 3.12. The Labute approximate surface area is 121 Å². The van der Waals surface area contributed by atoms with Gasteiger partial charge >= 0.3 is 0 Å². The third-order valence-electron chi connectivity index (χ3n) is 4.17. The number of anilines is 1. The van der Waals surface area contributed by atoms with Crippen molar-refractivity contribution < 1.29 is 4.92 Å². The quantitative estimate of drug-likeness (QED) is 0.664. The SMILES string of the molecule is CCC1(CNc2cc3nc(C)sc3cc2[N+](=O)[O-])CC1. The van der Waals surface area contributed by atoms with Crippen LogP contribution in [0.15, 0.2) is 12.1 Å². The highest BCUT2D eigenvalue weighted by Crippen LogP contribution is 2.48. The number of thiazole rings is 1. The summed E-state index contributed by atoms with van der Waals surface area (Å²) >= 11 is 1.49. The van der Waals surface area contributed by atoms with E-state index in [0.29, 0.717) is 11.1 Å². The first-order valence-corrected chi connectivity index (χ1v) is 7.64. The predicted octanol–water partition coefficient (Wildman–Crippen LogP) is 4.12. The fourth-order valence-electron chi connectivity index (χ4n) is 2.49. The number of aromatic nitrogens is 1. The first kappa shape index (κ1) is 13.3. The summed E-state index contributed by atoms with van der Waals surface area (Å²) in [6.45, 7) is 4.90. The minimum Gasteiger partial charge on any atom is -0.379 e. The van der Waals surface area contributed by atoms with Gasteiger partial charge in [-0.05, 0) is 37.7 Å². The van der Waals surface area contributed by atoms with Crippen LogP contribution in [-0.4, -0.2) is 16.5 Å². The average molecular weight is 291 g/mol. The molecule has 1 fully saturated rings. The van der Waals surface area contributed by atoms with Crippen LogP contribution in [0, 0.1) is 22.5 Å². The molecule has 1 aromatic heterocycles. The van der Waals surface area contributed by atoms with Crippen molar-refractivity contribution in [2.24, 2.45) is 5.41 Å². The summed E-state index contributed by atoms with van der Waals surface area (Å²) in [6.07, 6.45) is 3.54. The molecular weight excluding hydrogens is 274 g/mol. The first-order valence-electron chi connectivity index (χ1n) is 6.82. The maximum Gasteiger partial charge on any atom is 0.293 e. The molecule has 1 aliphatic carbocycles. The summed E-state index contributed by atoms with van der Waals surface area (Å²) in [5, 5.41) is 15.4. The maximum atomic E-state index is 11.2. The third-order valence-corrected chi connectivity index (χ3v) is 5.10. The van der Waals surface area contributed by atoms with Gasteiger partial charge in [-0.25, -0.2) is 4.98 Å². The molecule has 1 aromatic carbocycles. The lowest BCUT2D eigenvalue weighted by Gasteiger charge is -2.14. The highest BCUT2D eigenvalue weighted by molar-refractivity contribution is 7.18. The Morgan fingerprint density at radius 2 is 2.25 bits per heavy atom. The molecule has 0 spiro atoms. The Morgan fingerprint density at radius 3 is 2.85 bits per heavy atom. The van der Waals surface area contributed by atoms with Crippen molar-refractivity contribution in [3.63, 3.8) is 0 Å². The van der Waals surface area contributed by atoms with Gasteiger partial charge in [-0.15, -0.1) is 11.3 Å². The van der Waals surface area contributed by atoms with Gasteiger partial charge in [0.05, 0.1) is 20.1 Å². The van der Waals surface area contributed by atoms with Crippen LogP contribution >= 0.6 is 11.3 Å². The Hall–Kier alpha value is -1.69. The van der Waals surface area contributed by atoms with Gasteiger partial charge in [0.1, 0.15) is 5.69 Å². The van der Waals surface area contributed by atoms with Gasteiger partial charge < -0.3 is 5.32 Å². The van der Waals surface area contributed by atoms with Crippen molar-refractivity contribution in [1.29, 1.82) is 0 Å². The minimum absolute atomic E-state index is 0.146. The van der Waals surface area contributed by atoms with Crippen LogP contribution in [0.1, 0.15) is 31.2 Å². The number of nitro benzene ring substituents is 1. The molecule has 0 radical (unpaired) electrons. The zero-order chi connectivity index (χ0) is 14.3. The summed E-state index contributed by atoms with van der Waals surface area (Å²) in [4.78, 5) is 15.3. The summed E-state index contributed by atoms with van der Waals surface area (Å²) in [5.41, 5.74) is 1.92. The molecule has 3 rings (SSSR count). The lowest BCUT2D eigenvalue weighted by Crippen LogP contribution is -2.15. The molecule has 1 N–H and O–H groups in total.